The first-order chi connectivity index (χ1) is 9.90. The monoisotopic (exact) mass is 261 g/mol. The molecule has 0 aliphatic heterocycles. The highest BCUT2D eigenvalue weighted by atomic mass is 14.7. The largest absolute Gasteiger partial charge is 0.256 e. The van der Waals surface area contributed by atoms with Crippen LogP contribution in [-0.4, -0.2) is 6.21 Å². The van der Waals surface area contributed by atoms with E-state index in [-0.39, 0.29) is 0 Å². The van der Waals surface area contributed by atoms with Gasteiger partial charge in [0.05, 0.1) is 5.69 Å². The second kappa shape index (κ2) is 7.96. The van der Waals surface area contributed by atoms with Gasteiger partial charge in [0, 0.05) is 23.8 Å². The van der Waals surface area contributed by atoms with Crippen LogP contribution in [0.5, 0.6) is 0 Å². The van der Waals surface area contributed by atoms with Gasteiger partial charge in [0.2, 0.25) is 0 Å². The summed E-state index contributed by atoms with van der Waals surface area (Å²) in [4.78, 5) is 4.49. The number of rotatable bonds is 4. The molecular weight excluding hydrogens is 242 g/mol. The van der Waals surface area contributed by atoms with E-state index in [1.807, 2.05) is 54.7 Å². The zero-order valence-corrected chi connectivity index (χ0v) is 11.8. The van der Waals surface area contributed by atoms with E-state index in [0.717, 1.165) is 29.7 Å². The fourth-order valence-corrected chi connectivity index (χ4v) is 1.80. The van der Waals surface area contributed by atoms with Crippen molar-refractivity contribution in [3.8, 4) is 11.8 Å². The van der Waals surface area contributed by atoms with Crippen molar-refractivity contribution in [2.45, 2.75) is 26.2 Å². The highest BCUT2D eigenvalue weighted by Crippen LogP contribution is 2.11. The summed E-state index contributed by atoms with van der Waals surface area (Å²) in [6.45, 7) is 2.18. The predicted octanol–water partition coefficient (Wildman–Crippen LogP) is 4.98. The highest BCUT2D eigenvalue weighted by Gasteiger charge is 1.95. The number of benzene rings is 2. The van der Waals surface area contributed by atoms with E-state index in [4.69, 9.17) is 0 Å². The number of para-hydroxylation sites is 1. The third kappa shape index (κ3) is 4.40. The van der Waals surface area contributed by atoms with E-state index >= 15 is 0 Å². The summed E-state index contributed by atoms with van der Waals surface area (Å²) in [6, 6.07) is 18.1. The molecule has 0 atom stereocenters. The normalized spacial score (nSPS) is 10.2. The zero-order chi connectivity index (χ0) is 14.0. The Labute approximate surface area is 121 Å². The van der Waals surface area contributed by atoms with Gasteiger partial charge in [-0.25, -0.2) is 0 Å². The maximum atomic E-state index is 4.49. The molecule has 2 aromatic rings. The van der Waals surface area contributed by atoms with E-state index in [1.54, 1.807) is 0 Å². The van der Waals surface area contributed by atoms with E-state index < -0.39 is 0 Å². The Morgan fingerprint density at radius 2 is 1.75 bits per heavy atom. The molecule has 0 radical (unpaired) electrons. The van der Waals surface area contributed by atoms with E-state index in [9.17, 15) is 0 Å². The van der Waals surface area contributed by atoms with Crippen LogP contribution < -0.4 is 0 Å². The van der Waals surface area contributed by atoms with Gasteiger partial charge in [0.15, 0.2) is 0 Å². The molecule has 2 rings (SSSR count). The third-order valence-electron chi connectivity index (χ3n) is 2.95. The van der Waals surface area contributed by atoms with Crippen molar-refractivity contribution in [1.82, 2.24) is 0 Å². The van der Waals surface area contributed by atoms with E-state index in [1.165, 1.54) is 6.42 Å². The summed E-state index contributed by atoms with van der Waals surface area (Å²) < 4.78 is 0. The summed E-state index contributed by atoms with van der Waals surface area (Å²) in [5, 5.41) is 0. The topological polar surface area (TPSA) is 12.4 Å². The Bertz CT molecular complexity index is 615. The molecule has 20 heavy (non-hydrogen) atoms. The lowest BCUT2D eigenvalue weighted by molar-refractivity contribution is 0.828. The molecule has 0 heterocycles. The quantitative estimate of drug-likeness (QED) is 0.418. The molecule has 0 fully saturated rings. The van der Waals surface area contributed by atoms with Crippen LogP contribution in [-0.2, 0) is 0 Å². The molecule has 0 aliphatic carbocycles. The van der Waals surface area contributed by atoms with Gasteiger partial charge < -0.3 is 0 Å². The standard InChI is InChI=1S/C19H19N/c1-2-3-4-6-11-17-12-9-10-13-18(17)16-20-19-14-7-5-8-15-19/h5,7-10,12-16H,2-4H2,1H3. The van der Waals surface area contributed by atoms with Crippen molar-refractivity contribution in [3.63, 3.8) is 0 Å². The van der Waals surface area contributed by atoms with Gasteiger partial charge in [-0.2, -0.15) is 0 Å². The van der Waals surface area contributed by atoms with Crippen LogP contribution in [0.25, 0.3) is 0 Å². The minimum Gasteiger partial charge on any atom is -0.256 e. The van der Waals surface area contributed by atoms with Crippen molar-refractivity contribution >= 4 is 11.9 Å². The van der Waals surface area contributed by atoms with E-state index in [0.29, 0.717) is 0 Å². The Morgan fingerprint density at radius 1 is 1.00 bits per heavy atom. The Balaban J connectivity index is 2.15. The fraction of sp³-hybridized carbons (Fsp3) is 0.211. The summed E-state index contributed by atoms with van der Waals surface area (Å²) >= 11 is 0. The molecular formula is C19H19N. The minimum absolute atomic E-state index is 0.959. The van der Waals surface area contributed by atoms with Crippen LogP contribution >= 0.6 is 0 Å². The van der Waals surface area contributed by atoms with Crippen LogP contribution in [0.15, 0.2) is 59.6 Å². The average molecular weight is 261 g/mol. The molecule has 0 aliphatic rings. The maximum absolute atomic E-state index is 4.49. The van der Waals surface area contributed by atoms with Crippen LogP contribution in [0.4, 0.5) is 5.69 Å². The first kappa shape index (κ1) is 14.1. The summed E-state index contributed by atoms with van der Waals surface area (Å²) in [7, 11) is 0. The molecule has 0 aromatic heterocycles. The molecule has 0 bridgehead atoms. The molecule has 0 unspecified atom stereocenters. The smallest absolute Gasteiger partial charge is 0.0629 e. The summed E-state index contributed by atoms with van der Waals surface area (Å²) in [5.41, 5.74) is 3.07. The number of nitrogens with zero attached hydrogens (tertiary/aromatic N) is 1. The van der Waals surface area contributed by atoms with Gasteiger partial charge in [0.1, 0.15) is 0 Å². The van der Waals surface area contributed by atoms with Gasteiger partial charge >= 0.3 is 0 Å². The average Bonchev–Trinajstić information content (AvgIpc) is 2.51. The lowest BCUT2D eigenvalue weighted by Crippen LogP contribution is -1.87. The molecule has 0 N–H and O–H groups in total. The molecule has 0 amide bonds. The lowest BCUT2D eigenvalue weighted by atomic mass is 10.1. The van der Waals surface area contributed by atoms with Crippen LogP contribution in [0, 0.1) is 11.8 Å². The Kier molecular flexibility index (Phi) is 5.61. The van der Waals surface area contributed by atoms with Crippen LogP contribution in [0.2, 0.25) is 0 Å². The van der Waals surface area contributed by atoms with E-state index in [2.05, 4.69) is 29.8 Å². The maximum Gasteiger partial charge on any atom is 0.0629 e. The number of hydrogen-bond acceptors (Lipinski definition) is 1. The van der Waals surface area contributed by atoms with Crippen molar-refractivity contribution in [2.24, 2.45) is 4.99 Å². The van der Waals surface area contributed by atoms with Crippen molar-refractivity contribution < 1.29 is 0 Å². The van der Waals surface area contributed by atoms with Gasteiger partial charge in [-0.15, -0.1) is 0 Å². The molecule has 0 saturated carbocycles. The first-order valence-electron chi connectivity index (χ1n) is 7.07. The van der Waals surface area contributed by atoms with Crippen molar-refractivity contribution in [2.75, 3.05) is 0 Å². The van der Waals surface area contributed by atoms with Gasteiger partial charge in [-0.05, 0) is 24.6 Å². The molecule has 0 spiro atoms. The molecule has 1 nitrogen and oxygen atoms in total. The highest BCUT2D eigenvalue weighted by molar-refractivity contribution is 5.85. The van der Waals surface area contributed by atoms with Crippen molar-refractivity contribution in [3.05, 3.63) is 65.7 Å². The first-order valence-corrected chi connectivity index (χ1v) is 7.07. The molecule has 2 aromatic carbocycles. The van der Waals surface area contributed by atoms with Crippen molar-refractivity contribution in [1.29, 1.82) is 0 Å². The molecule has 100 valence electrons. The van der Waals surface area contributed by atoms with Gasteiger partial charge in [0.25, 0.3) is 0 Å². The third-order valence-corrected chi connectivity index (χ3v) is 2.95. The molecule has 1 heteroatoms. The number of hydrogen-bond donors (Lipinski definition) is 0. The van der Waals surface area contributed by atoms with Gasteiger partial charge in [-0.1, -0.05) is 61.6 Å². The number of unbranched alkanes of at least 4 members (excludes halogenated alkanes) is 2. The summed E-state index contributed by atoms with van der Waals surface area (Å²) in [5.74, 6) is 6.47. The Hall–Kier alpha value is -2.33. The van der Waals surface area contributed by atoms with Crippen LogP contribution in [0.1, 0.15) is 37.3 Å². The van der Waals surface area contributed by atoms with Gasteiger partial charge in [-0.3, -0.25) is 4.99 Å². The molecule has 0 saturated heterocycles. The van der Waals surface area contributed by atoms with Crippen LogP contribution in [0.3, 0.4) is 0 Å². The second-order valence-electron chi connectivity index (χ2n) is 4.59. The lowest BCUT2D eigenvalue weighted by Gasteiger charge is -1.98. The predicted molar refractivity (Wildman–Crippen MR) is 86.5 cm³/mol. The number of aliphatic imine (C=N–C) groups is 1. The minimum atomic E-state index is 0.959. The second-order valence-corrected chi connectivity index (χ2v) is 4.59. The SMILES string of the molecule is CCCCC#Cc1ccccc1C=Nc1ccccc1. The Morgan fingerprint density at radius 3 is 2.55 bits per heavy atom. The summed E-state index contributed by atoms with van der Waals surface area (Å²) in [6.07, 6.45) is 5.19. The zero-order valence-electron chi connectivity index (χ0n) is 11.8. The fourth-order valence-electron chi connectivity index (χ4n) is 1.80.